The lowest BCUT2D eigenvalue weighted by molar-refractivity contribution is -0.119. The van der Waals surface area contributed by atoms with Crippen molar-refractivity contribution in [2.24, 2.45) is 5.41 Å². The van der Waals surface area contributed by atoms with E-state index in [9.17, 15) is 4.79 Å². The fourth-order valence-corrected chi connectivity index (χ4v) is 4.54. The van der Waals surface area contributed by atoms with Crippen LogP contribution >= 0.6 is 0 Å². The number of fused-ring (bicyclic) bond motifs is 2. The van der Waals surface area contributed by atoms with Crippen molar-refractivity contribution < 1.29 is 4.79 Å². The molecule has 0 aromatic rings. The van der Waals surface area contributed by atoms with Crippen molar-refractivity contribution in [1.82, 2.24) is 9.80 Å². The van der Waals surface area contributed by atoms with Crippen molar-refractivity contribution in [1.29, 1.82) is 0 Å². The average Bonchev–Trinajstić information content (AvgIpc) is 2.68. The molecule has 3 aliphatic rings. The molecule has 1 saturated carbocycles. The quantitative estimate of drug-likeness (QED) is 0.731. The first-order chi connectivity index (χ1) is 9.22. The van der Waals surface area contributed by atoms with Gasteiger partial charge in [0.05, 0.1) is 0 Å². The molecular formula is C16H28N2O. The number of likely N-dealkylation sites (N-methyl/N-ethyl adjacent to an activating group) is 1. The molecule has 3 rings (SSSR count). The average molecular weight is 264 g/mol. The molecule has 108 valence electrons. The van der Waals surface area contributed by atoms with E-state index in [-0.39, 0.29) is 5.41 Å². The first-order valence-corrected chi connectivity index (χ1v) is 8.13. The lowest BCUT2D eigenvalue weighted by Crippen LogP contribution is -2.44. The van der Waals surface area contributed by atoms with Gasteiger partial charge in [0.25, 0.3) is 0 Å². The normalized spacial score (nSPS) is 36.1. The van der Waals surface area contributed by atoms with E-state index in [0.717, 1.165) is 31.5 Å². The molecule has 2 unspecified atom stereocenters. The van der Waals surface area contributed by atoms with Gasteiger partial charge < -0.3 is 9.69 Å². The predicted octanol–water partition coefficient (Wildman–Crippen LogP) is 2.30. The van der Waals surface area contributed by atoms with Gasteiger partial charge in [-0.05, 0) is 45.7 Å². The molecule has 0 N–H and O–H groups in total. The Kier molecular flexibility index (Phi) is 3.95. The van der Waals surface area contributed by atoms with Crippen LogP contribution in [0, 0.1) is 5.41 Å². The van der Waals surface area contributed by atoms with Gasteiger partial charge in [0.15, 0.2) is 0 Å². The Balaban J connectivity index is 1.64. The van der Waals surface area contributed by atoms with Crippen LogP contribution in [0.15, 0.2) is 0 Å². The number of likely N-dealkylation sites (tertiary alicyclic amines) is 1. The van der Waals surface area contributed by atoms with E-state index < -0.39 is 0 Å². The van der Waals surface area contributed by atoms with Gasteiger partial charge in [0.1, 0.15) is 6.29 Å². The van der Waals surface area contributed by atoms with Crippen molar-refractivity contribution in [2.75, 3.05) is 26.7 Å². The van der Waals surface area contributed by atoms with E-state index in [2.05, 4.69) is 16.8 Å². The smallest absolute Gasteiger partial charge is 0.127 e. The molecule has 0 aromatic heterocycles. The molecule has 2 atom stereocenters. The fraction of sp³-hybridized carbons (Fsp3) is 0.938. The topological polar surface area (TPSA) is 23.6 Å². The maximum absolute atomic E-state index is 11.6. The van der Waals surface area contributed by atoms with Crippen molar-refractivity contribution in [3.8, 4) is 0 Å². The van der Waals surface area contributed by atoms with E-state index in [0.29, 0.717) is 0 Å². The molecule has 2 saturated heterocycles. The van der Waals surface area contributed by atoms with Gasteiger partial charge in [-0.2, -0.15) is 0 Å². The van der Waals surface area contributed by atoms with E-state index >= 15 is 0 Å². The molecule has 1 aliphatic carbocycles. The summed E-state index contributed by atoms with van der Waals surface area (Å²) in [7, 11) is 2.29. The summed E-state index contributed by atoms with van der Waals surface area (Å²) in [4.78, 5) is 16.8. The summed E-state index contributed by atoms with van der Waals surface area (Å²) in [5.74, 6) is 0. The molecule has 0 radical (unpaired) electrons. The number of carbonyl (C=O) groups excluding carboxylic acids is 1. The lowest BCUT2D eigenvalue weighted by atomic mass is 9.74. The van der Waals surface area contributed by atoms with E-state index in [4.69, 9.17) is 0 Å². The maximum Gasteiger partial charge on any atom is 0.127 e. The molecule has 3 nitrogen and oxygen atoms in total. The fourth-order valence-electron chi connectivity index (χ4n) is 4.54. The van der Waals surface area contributed by atoms with Gasteiger partial charge in [-0.3, -0.25) is 4.90 Å². The summed E-state index contributed by atoms with van der Waals surface area (Å²) >= 11 is 0. The van der Waals surface area contributed by atoms with E-state index in [1.807, 2.05) is 0 Å². The Morgan fingerprint density at radius 2 is 1.84 bits per heavy atom. The van der Waals surface area contributed by atoms with Crippen LogP contribution < -0.4 is 0 Å². The number of hydrogen-bond donors (Lipinski definition) is 0. The third kappa shape index (κ3) is 2.73. The number of nitrogens with zero attached hydrogens (tertiary/aromatic N) is 2. The highest BCUT2D eigenvalue weighted by Gasteiger charge is 2.38. The summed E-state index contributed by atoms with van der Waals surface area (Å²) in [6, 6.07) is 1.54. The van der Waals surface area contributed by atoms with Crippen LogP contribution in [0.1, 0.15) is 51.4 Å². The van der Waals surface area contributed by atoms with Crippen LogP contribution in [0.25, 0.3) is 0 Å². The molecule has 0 amide bonds. The molecule has 3 heteroatoms. The number of rotatable bonds is 3. The van der Waals surface area contributed by atoms with Gasteiger partial charge in [-0.1, -0.05) is 19.3 Å². The Hall–Kier alpha value is -0.410. The minimum atomic E-state index is -0.0135. The summed E-state index contributed by atoms with van der Waals surface area (Å²) in [5.41, 5.74) is -0.0135. The van der Waals surface area contributed by atoms with E-state index in [1.54, 1.807) is 0 Å². The van der Waals surface area contributed by atoms with Crippen molar-refractivity contribution in [3.63, 3.8) is 0 Å². The zero-order chi connectivity index (χ0) is 13.3. The Morgan fingerprint density at radius 3 is 2.58 bits per heavy atom. The monoisotopic (exact) mass is 264 g/mol. The molecule has 2 bridgehead atoms. The summed E-state index contributed by atoms with van der Waals surface area (Å²) in [5, 5.41) is 0. The van der Waals surface area contributed by atoms with Crippen LogP contribution in [0.2, 0.25) is 0 Å². The minimum absolute atomic E-state index is 0.0135. The highest BCUT2D eigenvalue weighted by atomic mass is 16.1. The largest absolute Gasteiger partial charge is 0.303 e. The van der Waals surface area contributed by atoms with Crippen LogP contribution in [-0.4, -0.2) is 54.9 Å². The number of aldehydes is 1. The first-order valence-electron chi connectivity index (χ1n) is 8.13. The standard InChI is InChI=1S/C16H28N2O/c1-17-14-5-6-15(17)11-18(10-7-14)12-16(13-19)8-3-2-4-9-16/h13-15H,2-12H2,1H3. The summed E-state index contributed by atoms with van der Waals surface area (Å²) in [6.07, 6.45) is 11.4. The second kappa shape index (κ2) is 5.53. The van der Waals surface area contributed by atoms with E-state index in [1.165, 1.54) is 57.9 Å². The van der Waals surface area contributed by atoms with Crippen LogP contribution in [0.4, 0.5) is 0 Å². The van der Waals surface area contributed by atoms with Gasteiger partial charge in [0, 0.05) is 30.6 Å². The predicted molar refractivity (Wildman–Crippen MR) is 77.2 cm³/mol. The Labute approximate surface area is 117 Å². The third-order valence-electron chi connectivity index (χ3n) is 5.87. The molecule has 2 aliphatic heterocycles. The lowest BCUT2D eigenvalue weighted by Gasteiger charge is -2.37. The van der Waals surface area contributed by atoms with Crippen molar-refractivity contribution in [3.05, 3.63) is 0 Å². The zero-order valence-corrected chi connectivity index (χ0v) is 12.3. The van der Waals surface area contributed by atoms with Crippen LogP contribution in [0.3, 0.4) is 0 Å². The molecule has 0 aromatic carbocycles. The van der Waals surface area contributed by atoms with Crippen LogP contribution in [0.5, 0.6) is 0 Å². The highest BCUT2D eigenvalue weighted by Crippen LogP contribution is 2.37. The Bertz CT molecular complexity index is 325. The second-order valence-electron chi connectivity index (χ2n) is 7.12. The molecule has 2 heterocycles. The highest BCUT2D eigenvalue weighted by molar-refractivity contribution is 5.60. The van der Waals surface area contributed by atoms with Crippen LogP contribution in [-0.2, 0) is 4.79 Å². The van der Waals surface area contributed by atoms with Gasteiger partial charge in [-0.15, -0.1) is 0 Å². The second-order valence-corrected chi connectivity index (χ2v) is 7.12. The maximum atomic E-state index is 11.6. The number of carbonyl (C=O) groups is 1. The Morgan fingerprint density at radius 1 is 1.11 bits per heavy atom. The van der Waals surface area contributed by atoms with Crippen molar-refractivity contribution >= 4 is 6.29 Å². The molecule has 3 fully saturated rings. The van der Waals surface area contributed by atoms with Gasteiger partial charge >= 0.3 is 0 Å². The summed E-state index contributed by atoms with van der Waals surface area (Å²) in [6.45, 7) is 3.40. The van der Waals surface area contributed by atoms with Crippen molar-refractivity contribution in [2.45, 2.75) is 63.5 Å². The van der Waals surface area contributed by atoms with Gasteiger partial charge in [-0.25, -0.2) is 0 Å². The molecule has 19 heavy (non-hydrogen) atoms. The third-order valence-corrected chi connectivity index (χ3v) is 5.87. The zero-order valence-electron chi connectivity index (χ0n) is 12.3. The minimum Gasteiger partial charge on any atom is -0.303 e. The molecule has 0 spiro atoms. The molecular weight excluding hydrogens is 236 g/mol. The van der Waals surface area contributed by atoms with Gasteiger partial charge in [0.2, 0.25) is 0 Å². The number of hydrogen-bond acceptors (Lipinski definition) is 3. The SMILES string of the molecule is CN1C2CCC1CN(CC1(C=O)CCCCC1)CC2. The summed E-state index contributed by atoms with van der Waals surface area (Å²) < 4.78 is 0. The first kappa shape index (κ1) is 13.6.